The second-order valence-electron chi connectivity index (χ2n) is 5.33. The fraction of sp³-hybridized carbons (Fsp3) is 0.312. The van der Waals surface area contributed by atoms with Crippen molar-refractivity contribution in [2.24, 2.45) is 0 Å². The minimum atomic E-state index is 0.0180. The molecule has 1 amide bonds. The molecular weight excluding hydrogens is 298 g/mol. The summed E-state index contributed by atoms with van der Waals surface area (Å²) in [5.41, 5.74) is 1.77. The van der Waals surface area contributed by atoms with E-state index in [4.69, 9.17) is 0 Å². The van der Waals surface area contributed by atoms with Crippen LogP contribution in [0.4, 0.5) is 5.82 Å². The van der Waals surface area contributed by atoms with Crippen molar-refractivity contribution < 1.29 is 9.59 Å². The van der Waals surface area contributed by atoms with E-state index < -0.39 is 0 Å². The molecule has 2 aromatic rings. The van der Waals surface area contributed by atoms with Crippen LogP contribution in [-0.4, -0.2) is 32.6 Å². The molecule has 1 unspecified atom stereocenters. The summed E-state index contributed by atoms with van der Waals surface area (Å²) in [5, 5.41) is 4.56. The van der Waals surface area contributed by atoms with Gasteiger partial charge in [0.15, 0.2) is 5.12 Å². The molecule has 1 fully saturated rings. The van der Waals surface area contributed by atoms with Crippen molar-refractivity contribution in [1.29, 1.82) is 0 Å². The Morgan fingerprint density at radius 1 is 1.32 bits per heavy atom. The van der Waals surface area contributed by atoms with E-state index in [1.807, 2.05) is 43.3 Å². The van der Waals surface area contributed by atoms with Crippen molar-refractivity contribution in [3.8, 4) is 5.69 Å². The number of rotatable bonds is 3. The van der Waals surface area contributed by atoms with Crippen LogP contribution in [0.5, 0.6) is 0 Å². The topological polar surface area (TPSA) is 55.2 Å². The third-order valence-electron chi connectivity index (χ3n) is 3.51. The van der Waals surface area contributed by atoms with Gasteiger partial charge in [-0.3, -0.25) is 14.5 Å². The molecule has 0 radical (unpaired) electrons. The summed E-state index contributed by atoms with van der Waals surface area (Å²) >= 11 is 1.24. The minimum Gasteiger partial charge on any atom is -0.296 e. The summed E-state index contributed by atoms with van der Waals surface area (Å²) in [6.45, 7) is 3.99. The third kappa shape index (κ3) is 2.92. The molecule has 6 heteroatoms. The highest BCUT2D eigenvalue weighted by Gasteiger charge is 2.34. The van der Waals surface area contributed by atoms with Crippen LogP contribution in [0.25, 0.3) is 5.69 Å². The smallest absolute Gasteiger partial charge is 0.229 e. The van der Waals surface area contributed by atoms with Gasteiger partial charge in [-0.05, 0) is 19.1 Å². The summed E-state index contributed by atoms with van der Waals surface area (Å²) < 4.78 is 1.79. The Bertz CT molecular complexity index is 711. The molecule has 1 atom stereocenters. The molecule has 0 spiro atoms. The van der Waals surface area contributed by atoms with Crippen LogP contribution in [-0.2, 0) is 9.59 Å². The van der Waals surface area contributed by atoms with Crippen molar-refractivity contribution in [2.45, 2.75) is 25.5 Å². The first kappa shape index (κ1) is 14.8. The maximum absolute atomic E-state index is 12.3. The molecule has 0 N–H and O–H groups in total. The first-order chi connectivity index (χ1) is 10.5. The number of aryl methyl sites for hydroxylation is 1. The van der Waals surface area contributed by atoms with Gasteiger partial charge in [-0.1, -0.05) is 30.0 Å². The molecule has 0 saturated carbocycles. The number of hydrogen-bond donors (Lipinski definition) is 0. The lowest BCUT2D eigenvalue weighted by Gasteiger charge is -2.17. The molecule has 1 aliphatic rings. The van der Waals surface area contributed by atoms with Crippen LogP contribution in [0.3, 0.4) is 0 Å². The highest BCUT2D eigenvalue weighted by molar-refractivity contribution is 8.14. The van der Waals surface area contributed by atoms with Crippen molar-refractivity contribution in [2.75, 3.05) is 11.4 Å². The fourth-order valence-corrected chi connectivity index (χ4v) is 3.57. The van der Waals surface area contributed by atoms with Gasteiger partial charge in [0.05, 0.1) is 11.4 Å². The van der Waals surface area contributed by atoms with Gasteiger partial charge >= 0.3 is 0 Å². The number of thioether (sulfide) groups is 1. The van der Waals surface area contributed by atoms with E-state index >= 15 is 0 Å². The summed E-state index contributed by atoms with van der Waals surface area (Å²) in [4.78, 5) is 25.3. The Balaban J connectivity index is 1.93. The molecule has 3 rings (SSSR count). The van der Waals surface area contributed by atoms with Gasteiger partial charge in [0.2, 0.25) is 5.91 Å². The van der Waals surface area contributed by atoms with Gasteiger partial charge in [0, 0.05) is 31.2 Å². The van der Waals surface area contributed by atoms with Crippen molar-refractivity contribution >= 4 is 28.6 Å². The molecule has 2 heterocycles. The third-order valence-corrected chi connectivity index (χ3v) is 4.49. The van der Waals surface area contributed by atoms with E-state index in [9.17, 15) is 9.59 Å². The maximum atomic E-state index is 12.3. The number of nitrogens with zero attached hydrogens (tertiary/aromatic N) is 3. The lowest BCUT2D eigenvalue weighted by molar-refractivity contribution is -0.117. The zero-order chi connectivity index (χ0) is 15.7. The van der Waals surface area contributed by atoms with E-state index in [1.165, 1.54) is 18.7 Å². The van der Waals surface area contributed by atoms with Gasteiger partial charge in [0.1, 0.15) is 5.82 Å². The predicted molar refractivity (Wildman–Crippen MR) is 87.3 cm³/mol. The van der Waals surface area contributed by atoms with E-state index in [-0.39, 0.29) is 16.3 Å². The van der Waals surface area contributed by atoms with Crippen molar-refractivity contribution in [3.05, 3.63) is 42.1 Å². The van der Waals surface area contributed by atoms with Crippen molar-refractivity contribution in [3.63, 3.8) is 0 Å². The molecule has 114 valence electrons. The molecule has 1 aromatic heterocycles. The summed E-state index contributed by atoms with van der Waals surface area (Å²) in [6, 6.07) is 11.6. The molecule has 1 saturated heterocycles. The average Bonchev–Trinajstić information content (AvgIpc) is 3.02. The monoisotopic (exact) mass is 315 g/mol. The first-order valence-electron chi connectivity index (χ1n) is 7.14. The van der Waals surface area contributed by atoms with E-state index in [2.05, 4.69) is 5.10 Å². The Labute approximate surface area is 133 Å². The summed E-state index contributed by atoms with van der Waals surface area (Å²) in [6.07, 6.45) is 0.392. The largest absolute Gasteiger partial charge is 0.296 e. The number of aromatic nitrogens is 2. The zero-order valence-corrected chi connectivity index (χ0v) is 13.3. The Morgan fingerprint density at radius 3 is 2.73 bits per heavy atom. The van der Waals surface area contributed by atoms with Crippen molar-refractivity contribution in [1.82, 2.24) is 9.78 Å². The van der Waals surface area contributed by atoms with Crippen LogP contribution in [0.2, 0.25) is 0 Å². The lowest BCUT2D eigenvalue weighted by atomic mass is 10.3. The van der Waals surface area contributed by atoms with Gasteiger partial charge in [-0.15, -0.1) is 0 Å². The standard InChI is InChI=1S/C16H17N3O2S/c1-11-8-15(19(17-11)13-6-4-3-5-7-13)18-10-14(9-16(18)21)22-12(2)20/h3-8,14H,9-10H2,1-2H3. The Hall–Kier alpha value is -2.08. The molecular formula is C16H17N3O2S. The molecule has 1 aromatic carbocycles. The molecule has 1 aliphatic heterocycles. The minimum absolute atomic E-state index is 0.0180. The summed E-state index contributed by atoms with van der Waals surface area (Å²) in [7, 11) is 0. The van der Waals surface area contributed by atoms with Gasteiger partial charge in [-0.25, -0.2) is 4.68 Å². The van der Waals surface area contributed by atoms with E-state index in [1.54, 1.807) is 9.58 Å². The summed E-state index contributed by atoms with van der Waals surface area (Å²) in [5.74, 6) is 0.802. The maximum Gasteiger partial charge on any atom is 0.229 e. The quantitative estimate of drug-likeness (QED) is 0.873. The van der Waals surface area contributed by atoms with Gasteiger partial charge < -0.3 is 0 Å². The first-order valence-corrected chi connectivity index (χ1v) is 8.02. The van der Waals surface area contributed by atoms with E-state index in [0.717, 1.165) is 17.2 Å². The number of anilines is 1. The van der Waals surface area contributed by atoms with Crippen LogP contribution < -0.4 is 4.90 Å². The van der Waals surface area contributed by atoms with Gasteiger partial charge in [0.25, 0.3) is 0 Å². The predicted octanol–water partition coefficient (Wildman–Crippen LogP) is 2.57. The van der Waals surface area contributed by atoms with E-state index in [0.29, 0.717) is 13.0 Å². The van der Waals surface area contributed by atoms with Crippen LogP contribution in [0.1, 0.15) is 19.0 Å². The number of hydrogen-bond acceptors (Lipinski definition) is 4. The van der Waals surface area contributed by atoms with Crippen LogP contribution in [0, 0.1) is 6.92 Å². The molecule has 22 heavy (non-hydrogen) atoms. The lowest BCUT2D eigenvalue weighted by Crippen LogP contribution is -2.27. The number of carbonyl (C=O) groups is 2. The number of benzene rings is 1. The van der Waals surface area contributed by atoms with Crippen LogP contribution >= 0.6 is 11.8 Å². The number of amides is 1. The molecule has 0 aliphatic carbocycles. The molecule has 0 bridgehead atoms. The zero-order valence-electron chi connectivity index (χ0n) is 12.5. The average molecular weight is 315 g/mol. The SMILES string of the molecule is CC(=O)SC1CC(=O)N(c2cc(C)nn2-c2ccccc2)C1. The number of para-hydroxylation sites is 1. The fourth-order valence-electron chi connectivity index (χ4n) is 2.65. The Morgan fingerprint density at radius 2 is 2.05 bits per heavy atom. The molecule has 5 nitrogen and oxygen atoms in total. The normalized spacial score (nSPS) is 18.0. The van der Waals surface area contributed by atoms with Gasteiger partial charge in [-0.2, -0.15) is 5.10 Å². The second-order valence-corrected chi connectivity index (χ2v) is 6.81. The highest BCUT2D eigenvalue weighted by atomic mass is 32.2. The Kier molecular flexibility index (Phi) is 4.02. The van der Waals surface area contributed by atoms with Crippen LogP contribution in [0.15, 0.2) is 36.4 Å². The number of carbonyl (C=O) groups excluding carboxylic acids is 2. The highest BCUT2D eigenvalue weighted by Crippen LogP contribution is 2.30. The second kappa shape index (κ2) is 5.96.